The molecule has 76 valence electrons. The highest BCUT2D eigenvalue weighted by Gasteiger charge is 1.92. The summed E-state index contributed by atoms with van der Waals surface area (Å²) >= 11 is 0. The smallest absolute Gasteiger partial charge is 0.0199 e. The zero-order chi connectivity index (χ0) is 10.3. The molecule has 0 aromatic heterocycles. The van der Waals surface area contributed by atoms with Crippen molar-refractivity contribution in [3.63, 3.8) is 0 Å². The Balaban J connectivity index is 4.24. The third kappa shape index (κ3) is 6.44. The van der Waals surface area contributed by atoms with Crippen LogP contribution >= 0.6 is 0 Å². The second-order valence-corrected chi connectivity index (χ2v) is 3.74. The third-order valence-electron chi connectivity index (χ3n) is 2.00. The highest BCUT2D eigenvalue weighted by Crippen LogP contribution is 2.08. The van der Waals surface area contributed by atoms with Crippen LogP contribution in [0, 0.1) is 0 Å². The monoisotopic (exact) mass is 181 g/mol. The van der Waals surface area contributed by atoms with Crippen molar-refractivity contribution >= 4 is 0 Å². The van der Waals surface area contributed by atoms with Crippen LogP contribution in [0.3, 0.4) is 0 Å². The molecular weight excluding hydrogens is 158 g/mol. The van der Waals surface area contributed by atoms with Crippen LogP contribution in [0.1, 0.15) is 47.5 Å². The average Bonchev–Trinajstić information content (AvgIpc) is 2.11. The zero-order valence-corrected chi connectivity index (χ0v) is 9.65. The number of hydrogen-bond donors (Lipinski definition) is 1. The molecule has 0 aliphatic rings. The summed E-state index contributed by atoms with van der Waals surface area (Å²) in [5.74, 6) is 0. The lowest BCUT2D eigenvalue weighted by Crippen LogP contribution is -2.16. The van der Waals surface area contributed by atoms with E-state index in [-0.39, 0.29) is 0 Å². The van der Waals surface area contributed by atoms with Crippen molar-refractivity contribution in [1.82, 2.24) is 5.32 Å². The zero-order valence-electron chi connectivity index (χ0n) is 9.65. The first-order chi connectivity index (χ1) is 6.10. The summed E-state index contributed by atoms with van der Waals surface area (Å²) in [6.07, 6.45) is 6.63. The van der Waals surface area contributed by atoms with Crippen LogP contribution in [0.15, 0.2) is 23.4 Å². The molecule has 1 N–H and O–H groups in total. The summed E-state index contributed by atoms with van der Waals surface area (Å²) in [5, 5.41) is 3.32. The maximum atomic E-state index is 3.32. The van der Waals surface area contributed by atoms with Gasteiger partial charge in [0.15, 0.2) is 0 Å². The summed E-state index contributed by atoms with van der Waals surface area (Å²) in [6, 6.07) is 0.525. The molecule has 0 heterocycles. The van der Waals surface area contributed by atoms with Crippen molar-refractivity contribution in [1.29, 1.82) is 0 Å². The Kier molecular flexibility index (Phi) is 6.38. The summed E-state index contributed by atoms with van der Waals surface area (Å²) in [5.41, 5.74) is 2.83. The molecule has 13 heavy (non-hydrogen) atoms. The van der Waals surface area contributed by atoms with E-state index in [0.29, 0.717) is 6.04 Å². The Bertz CT molecular complexity index is 187. The fourth-order valence-electron chi connectivity index (χ4n) is 0.938. The minimum Gasteiger partial charge on any atom is -0.388 e. The van der Waals surface area contributed by atoms with Gasteiger partial charge in [0.1, 0.15) is 0 Å². The van der Waals surface area contributed by atoms with E-state index in [4.69, 9.17) is 0 Å². The molecule has 0 fully saturated rings. The molecule has 0 amide bonds. The molecule has 0 aromatic rings. The van der Waals surface area contributed by atoms with Crippen molar-refractivity contribution in [3.05, 3.63) is 23.4 Å². The van der Waals surface area contributed by atoms with E-state index in [1.54, 1.807) is 0 Å². The summed E-state index contributed by atoms with van der Waals surface area (Å²) in [7, 11) is 0. The first-order valence-electron chi connectivity index (χ1n) is 5.22. The number of rotatable bonds is 5. The van der Waals surface area contributed by atoms with E-state index >= 15 is 0 Å². The van der Waals surface area contributed by atoms with Gasteiger partial charge in [0.25, 0.3) is 0 Å². The fraction of sp³-hybridized carbons (Fsp3) is 0.667. The van der Waals surface area contributed by atoms with Crippen molar-refractivity contribution < 1.29 is 0 Å². The molecule has 0 atom stereocenters. The molecule has 0 aliphatic heterocycles. The second kappa shape index (κ2) is 6.76. The van der Waals surface area contributed by atoms with Crippen LogP contribution < -0.4 is 5.32 Å². The van der Waals surface area contributed by atoms with E-state index in [9.17, 15) is 0 Å². The largest absolute Gasteiger partial charge is 0.388 e. The Labute approximate surface area is 82.9 Å². The minimum atomic E-state index is 0.525. The van der Waals surface area contributed by atoms with Crippen LogP contribution in [-0.4, -0.2) is 6.04 Å². The normalized spacial score (nSPS) is 13.7. The predicted octanol–water partition coefficient (Wildman–Crippen LogP) is 3.63. The van der Waals surface area contributed by atoms with Gasteiger partial charge in [-0.15, -0.1) is 0 Å². The van der Waals surface area contributed by atoms with Gasteiger partial charge < -0.3 is 5.32 Å². The van der Waals surface area contributed by atoms with Crippen LogP contribution in [0.2, 0.25) is 0 Å². The molecule has 1 nitrogen and oxygen atoms in total. The fourth-order valence-corrected chi connectivity index (χ4v) is 0.938. The van der Waals surface area contributed by atoms with Gasteiger partial charge >= 0.3 is 0 Å². The molecule has 0 saturated carbocycles. The van der Waals surface area contributed by atoms with Gasteiger partial charge in [0.2, 0.25) is 0 Å². The number of allylic oxidation sites excluding steroid dienone is 3. The molecule has 0 aromatic carbocycles. The average molecular weight is 181 g/mol. The Morgan fingerprint density at radius 2 is 1.85 bits per heavy atom. The van der Waals surface area contributed by atoms with E-state index in [1.165, 1.54) is 11.1 Å². The van der Waals surface area contributed by atoms with Crippen molar-refractivity contribution in [2.75, 3.05) is 0 Å². The van der Waals surface area contributed by atoms with Gasteiger partial charge in [-0.25, -0.2) is 0 Å². The van der Waals surface area contributed by atoms with Gasteiger partial charge in [-0.05, 0) is 45.4 Å². The maximum absolute atomic E-state index is 3.32. The van der Waals surface area contributed by atoms with E-state index in [1.807, 2.05) is 0 Å². The van der Waals surface area contributed by atoms with Crippen molar-refractivity contribution in [2.45, 2.75) is 53.5 Å². The molecule has 0 saturated heterocycles. The van der Waals surface area contributed by atoms with Crippen LogP contribution in [-0.2, 0) is 0 Å². The summed E-state index contributed by atoms with van der Waals surface area (Å²) in [4.78, 5) is 0. The second-order valence-electron chi connectivity index (χ2n) is 3.74. The highest BCUT2D eigenvalue weighted by molar-refractivity contribution is 5.21. The standard InChI is InChI=1S/C12H23N/c1-6-11(5)8-12(7-2)9-13-10(3)4/h8-10,13H,6-7H2,1-5H3/b11-8+,12-9+. The molecular formula is C12H23N. The highest BCUT2D eigenvalue weighted by atomic mass is 14.9. The Hall–Kier alpha value is -0.720. The number of nitrogens with one attached hydrogen (secondary N) is 1. The van der Waals surface area contributed by atoms with E-state index in [2.05, 4.69) is 52.2 Å². The molecule has 0 aliphatic carbocycles. The summed E-state index contributed by atoms with van der Waals surface area (Å²) in [6.45, 7) is 10.9. The predicted molar refractivity (Wildman–Crippen MR) is 60.7 cm³/mol. The lowest BCUT2D eigenvalue weighted by Gasteiger charge is -2.06. The van der Waals surface area contributed by atoms with Gasteiger partial charge in [0.05, 0.1) is 0 Å². The van der Waals surface area contributed by atoms with E-state index in [0.717, 1.165) is 12.8 Å². The maximum Gasteiger partial charge on any atom is 0.0199 e. The Morgan fingerprint density at radius 3 is 2.23 bits per heavy atom. The Morgan fingerprint density at radius 1 is 1.23 bits per heavy atom. The first-order valence-corrected chi connectivity index (χ1v) is 5.22. The first kappa shape index (κ1) is 12.3. The minimum absolute atomic E-state index is 0.525. The van der Waals surface area contributed by atoms with E-state index < -0.39 is 0 Å². The SMILES string of the molecule is CC/C(C)=C/C(=C/NC(C)C)CC. The van der Waals surface area contributed by atoms with Gasteiger partial charge in [-0.3, -0.25) is 0 Å². The summed E-state index contributed by atoms with van der Waals surface area (Å²) < 4.78 is 0. The van der Waals surface area contributed by atoms with Crippen molar-refractivity contribution in [3.8, 4) is 0 Å². The van der Waals surface area contributed by atoms with Gasteiger partial charge in [0, 0.05) is 6.04 Å². The lowest BCUT2D eigenvalue weighted by molar-refractivity contribution is 0.697. The van der Waals surface area contributed by atoms with Crippen LogP contribution in [0.25, 0.3) is 0 Å². The molecule has 0 unspecified atom stereocenters. The number of hydrogen-bond acceptors (Lipinski definition) is 1. The molecule has 0 bridgehead atoms. The molecule has 0 radical (unpaired) electrons. The molecule has 1 heteroatoms. The third-order valence-corrected chi connectivity index (χ3v) is 2.00. The van der Waals surface area contributed by atoms with Gasteiger partial charge in [-0.1, -0.05) is 25.5 Å². The quantitative estimate of drug-likeness (QED) is 0.639. The topological polar surface area (TPSA) is 12.0 Å². The van der Waals surface area contributed by atoms with Crippen molar-refractivity contribution in [2.24, 2.45) is 0 Å². The van der Waals surface area contributed by atoms with Gasteiger partial charge in [-0.2, -0.15) is 0 Å². The lowest BCUT2D eigenvalue weighted by atomic mass is 10.1. The molecule has 0 spiro atoms. The van der Waals surface area contributed by atoms with Crippen LogP contribution in [0.4, 0.5) is 0 Å². The molecule has 0 rings (SSSR count). The van der Waals surface area contributed by atoms with Crippen LogP contribution in [0.5, 0.6) is 0 Å².